The van der Waals surface area contributed by atoms with Gasteiger partial charge in [0.15, 0.2) is 13.1 Å². The number of amides is 2. The second-order valence-corrected chi connectivity index (χ2v) is 8.62. The van der Waals surface area contributed by atoms with Crippen molar-refractivity contribution in [3.63, 3.8) is 0 Å². The standard InChI is InChI=1S/C23H36N4O4/c1-6-16(2)22(23(30)31-5)25-20(29)15-27-12-10-26(11-13-27)14-19(28)24-21-17(3)8-7-9-18(21)4/h7-9,16,22H,6,10-15H2,1-5H3,(H,24,28)(H,25,29)/p+2/t16-,22-/m1/s1. The molecule has 0 unspecified atom stereocenters. The number of esters is 1. The highest BCUT2D eigenvalue weighted by Gasteiger charge is 2.30. The fraction of sp³-hybridized carbons (Fsp3) is 0.609. The Bertz CT molecular complexity index is 755. The molecule has 31 heavy (non-hydrogen) atoms. The van der Waals surface area contributed by atoms with Gasteiger partial charge in [0.1, 0.15) is 32.2 Å². The van der Waals surface area contributed by atoms with Crippen molar-refractivity contribution in [1.29, 1.82) is 0 Å². The first kappa shape index (κ1) is 24.8. The molecule has 2 amide bonds. The van der Waals surface area contributed by atoms with Crippen LogP contribution in [0.1, 0.15) is 31.4 Å². The smallest absolute Gasteiger partial charge is 0.328 e. The lowest BCUT2D eigenvalue weighted by molar-refractivity contribution is -1.00. The average molecular weight is 435 g/mol. The molecule has 1 aliphatic heterocycles. The number of nitrogens with one attached hydrogen (secondary N) is 4. The number of carbonyl (C=O) groups excluding carboxylic acids is 3. The summed E-state index contributed by atoms with van der Waals surface area (Å²) in [5.41, 5.74) is 3.02. The third-order valence-corrected chi connectivity index (χ3v) is 6.22. The van der Waals surface area contributed by atoms with Crippen LogP contribution in [0.2, 0.25) is 0 Å². The van der Waals surface area contributed by atoms with E-state index in [-0.39, 0.29) is 17.7 Å². The monoisotopic (exact) mass is 434 g/mol. The summed E-state index contributed by atoms with van der Waals surface area (Å²) in [6.07, 6.45) is 0.777. The SMILES string of the molecule is CC[C@@H](C)[C@@H](NC(=O)C[NH+]1CC[NH+](CC(=O)Nc2c(C)cccc2C)CC1)C(=O)OC. The zero-order valence-corrected chi connectivity index (χ0v) is 19.5. The van der Waals surface area contributed by atoms with Crippen LogP contribution in [0.3, 0.4) is 0 Å². The average Bonchev–Trinajstić information content (AvgIpc) is 2.75. The van der Waals surface area contributed by atoms with Crippen LogP contribution in [0, 0.1) is 19.8 Å². The molecular formula is C23H38N4O4+2. The zero-order chi connectivity index (χ0) is 23.0. The molecule has 0 spiro atoms. The van der Waals surface area contributed by atoms with E-state index in [0.717, 1.165) is 49.4 Å². The van der Waals surface area contributed by atoms with Crippen LogP contribution in [0.15, 0.2) is 18.2 Å². The van der Waals surface area contributed by atoms with Crippen molar-refractivity contribution in [2.24, 2.45) is 5.92 Å². The fourth-order valence-corrected chi connectivity index (χ4v) is 3.98. The summed E-state index contributed by atoms with van der Waals surface area (Å²) in [7, 11) is 1.34. The molecule has 4 N–H and O–H groups in total. The zero-order valence-electron chi connectivity index (χ0n) is 19.5. The number of methoxy groups -OCH3 is 1. The molecule has 0 saturated carbocycles. The Kier molecular flexibility index (Phi) is 9.45. The van der Waals surface area contributed by atoms with Crippen LogP contribution in [-0.2, 0) is 19.1 Å². The number of rotatable bonds is 9. The van der Waals surface area contributed by atoms with Crippen molar-refractivity contribution >= 4 is 23.5 Å². The number of anilines is 1. The number of quaternary nitrogens is 2. The molecule has 2 rings (SSSR count). The van der Waals surface area contributed by atoms with Gasteiger partial charge in [-0.3, -0.25) is 9.59 Å². The molecule has 0 radical (unpaired) electrons. The predicted molar refractivity (Wildman–Crippen MR) is 119 cm³/mol. The molecule has 0 bridgehead atoms. The summed E-state index contributed by atoms with van der Waals surface area (Å²) in [5, 5.41) is 5.89. The largest absolute Gasteiger partial charge is 0.467 e. The Hall–Kier alpha value is -2.45. The van der Waals surface area contributed by atoms with Crippen LogP contribution in [0.4, 0.5) is 5.69 Å². The summed E-state index contributed by atoms with van der Waals surface area (Å²) < 4.78 is 4.83. The molecule has 8 nitrogen and oxygen atoms in total. The van der Waals surface area contributed by atoms with Crippen LogP contribution in [0.5, 0.6) is 0 Å². The highest BCUT2D eigenvalue weighted by atomic mass is 16.5. The minimum atomic E-state index is -0.609. The lowest BCUT2D eigenvalue weighted by atomic mass is 9.99. The normalized spacial score (nSPS) is 20.4. The quantitative estimate of drug-likeness (QED) is 0.365. The van der Waals surface area contributed by atoms with Gasteiger partial charge in [0.2, 0.25) is 0 Å². The van der Waals surface area contributed by atoms with Gasteiger partial charge in [-0.2, -0.15) is 0 Å². The minimum Gasteiger partial charge on any atom is -0.467 e. The maximum Gasteiger partial charge on any atom is 0.328 e. The van der Waals surface area contributed by atoms with E-state index in [1.165, 1.54) is 16.9 Å². The number of ether oxygens (including phenoxy) is 1. The lowest BCUT2D eigenvalue weighted by Crippen LogP contribution is -3.28. The van der Waals surface area contributed by atoms with Crippen molar-refractivity contribution in [3.8, 4) is 0 Å². The maximum atomic E-state index is 12.5. The fourth-order valence-electron chi connectivity index (χ4n) is 3.98. The molecule has 172 valence electrons. The van der Waals surface area contributed by atoms with E-state index >= 15 is 0 Å². The summed E-state index contributed by atoms with van der Waals surface area (Å²) in [5.74, 6) is -0.505. The molecule has 0 aliphatic carbocycles. The molecule has 0 aromatic heterocycles. The molecule has 1 saturated heterocycles. The van der Waals surface area contributed by atoms with Gasteiger partial charge in [-0.05, 0) is 30.9 Å². The van der Waals surface area contributed by atoms with Gasteiger partial charge in [0, 0.05) is 5.69 Å². The van der Waals surface area contributed by atoms with Gasteiger partial charge < -0.3 is 25.2 Å². The molecule has 1 heterocycles. The summed E-state index contributed by atoms with van der Waals surface area (Å²) >= 11 is 0. The van der Waals surface area contributed by atoms with Gasteiger partial charge in [0.25, 0.3) is 11.8 Å². The second-order valence-electron chi connectivity index (χ2n) is 8.62. The second kappa shape index (κ2) is 11.8. The lowest BCUT2D eigenvalue weighted by Gasteiger charge is -2.29. The van der Waals surface area contributed by atoms with Crippen molar-refractivity contribution in [2.45, 2.75) is 40.2 Å². The highest BCUT2D eigenvalue weighted by molar-refractivity contribution is 5.93. The molecule has 8 heteroatoms. The van der Waals surface area contributed by atoms with Crippen LogP contribution < -0.4 is 20.4 Å². The molecule has 2 atom stereocenters. The van der Waals surface area contributed by atoms with E-state index in [4.69, 9.17) is 4.74 Å². The number of para-hydroxylation sites is 1. The van der Waals surface area contributed by atoms with E-state index in [9.17, 15) is 14.4 Å². The van der Waals surface area contributed by atoms with Gasteiger partial charge in [0.05, 0.1) is 7.11 Å². The van der Waals surface area contributed by atoms with E-state index in [1.54, 1.807) is 0 Å². The van der Waals surface area contributed by atoms with Crippen LogP contribution in [0.25, 0.3) is 0 Å². The molecule has 1 aromatic carbocycles. The summed E-state index contributed by atoms with van der Waals surface area (Å²) in [6, 6.07) is 5.37. The molecule has 1 aliphatic rings. The topological polar surface area (TPSA) is 93.4 Å². The number of piperazine rings is 1. The first-order valence-electron chi connectivity index (χ1n) is 11.2. The van der Waals surface area contributed by atoms with Crippen molar-refractivity contribution in [3.05, 3.63) is 29.3 Å². The maximum absolute atomic E-state index is 12.5. The number of hydrogen-bond acceptors (Lipinski definition) is 4. The number of aryl methyl sites for hydroxylation is 2. The Morgan fingerprint density at radius 1 is 1.00 bits per heavy atom. The highest BCUT2D eigenvalue weighted by Crippen LogP contribution is 2.18. The number of hydrogen-bond donors (Lipinski definition) is 4. The predicted octanol–water partition coefficient (Wildman–Crippen LogP) is -1.27. The van der Waals surface area contributed by atoms with Gasteiger partial charge in [-0.15, -0.1) is 0 Å². The molecule has 1 aromatic rings. The van der Waals surface area contributed by atoms with Gasteiger partial charge in [-0.1, -0.05) is 38.5 Å². The minimum absolute atomic E-state index is 0.0167. The Labute approximate surface area is 185 Å². The van der Waals surface area contributed by atoms with Crippen LogP contribution in [-0.4, -0.2) is 70.2 Å². The van der Waals surface area contributed by atoms with E-state index in [1.807, 2.05) is 45.9 Å². The van der Waals surface area contributed by atoms with Crippen molar-refractivity contribution in [2.75, 3.05) is 51.7 Å². The van der Waals surface area contributed by atoms with Crippen molar-refractivity contribution < 1.29 is 28.9 Å². The van der Waals surface area contributed by atoms with E-state index in [2.05, 4.69) is 10.6 Å². The van der Waals surface area contributed by atoms with Crippen LogP contribution >= 0.6 is 0 Å². The van der Waals surface area contributed by atoms with E-state index < -0.39 is 12.0 Å². The van der Waals surface area contributed by atoms with Crippen molar-refractivity contribution in [1.82, 2.24) is 5.32 Å². The molecular weight excluding hydrogens is 396 g/mol. The third-order valence-electron chi connectivity index (χ3n) is 6.22. The first-order chi connectivity index (χ1) is 14.7. The Morgan fingerprint density at radius 3 is 2.00 bits per heavy atom. The number of benzene rings is 1. The van der Waals surface area contributed by atoms with E-state index in [0.29, 0.717) is 13.1 Å². The Balaban J connectivity index is 1.78. The number of carbonyl (C=O) groups is 3. The molecule has 1 fully saturated rings. The third kappa shape index (κ3) is 7.33. The first-order valence-corrected chi connectivity index (χ1v) is 11.2. The summed E-state index contributed by atoms with van der Waals surface area (Å²) in [6.45, 7) is 11.9. The van der Waals surface area contributed by atoms with Gasteiger partial charge in [-0.25, -0.2) is 4.79 Å². The summed E-state index contributed by atoms with van der Waals surface area (Å²) in [4.78, 5) is 39.3. The Morgan fingerprint density at radius 2 is 1.52 bits per heavy atom. The van der Waals surface area contributed by atoms with Gasteiger partial charge >= 0.3 is 5.97 Å².